The third kappa shape index (κ3) is 3.16. The molecule has 2 aromatic carbocycles. The van der Waals surface area contributed by atoms with Gasteiger partial charge in [0.15, 0.2) is 0 Å². The largest absolute Gasteiger partial charge is 0.496 e. The maximum Gasteiger partial charge on any atom is 0.269 e. The Morgan fingerprint density at radius 2 is 1.69 bits per heavy atom. The van der Waals surface area contributed by atoms with Crippen molar-refractivity contribution in [2.45, 2.75) is 6.54 Å². The molecule has 1 aliphatic rings. The number of imide groups is 1. The number of fused-ring (bicyclic) bond motifs is 1. The molecule has 7 nitrogen and oxygen atoms in total. The Balaban J connectivity index is 1.88. The number of hydrogen-bond acceptors (Lipinski definition) is 5. The van der Waals surface area contributed by atoms with Crippen molar-refractivity contribution in [3.63, 3.8) is 0 Å². The summed E-state index contributed by atoms with van der Waals surface area (Å²) >= 11 is 0. The number of hydrazine groups is 1. The quantitative estimate of drug-likeness (QED) is 0.654. The first-order chi connectivity index (χ1) is 12.4. The molecule has 0 aromatic heterocycles. The molecule has 3 rings (SSSR count). The molecule has 0 radical (unpaired) electrons. The second kappa shape index (κ2) is 6.97. The van der Waals surface area contributed by atoms with E-state index < -0.39 is 0 Å². The summed E-state index contributed by atoms with van der Waals surface area (Å²) < 4.78 is 5.24. The van der Waals surface area contributed by atoms with Crippen LogP contribution in [0, 0.1) is 0 Å². The first-order valence-corrected chi connectivity index (χ1v) is 8.03. The van der Waals surface area contributed by atoms with Crippen LogP contribution in [0.3, 0.4) is 0 Å². The maximum atomic E-state index is 12.5. The summed E-state index contributed by atoms with van der Waals surface area (Å²) in [5, 5.41) is 1.53. The van der Waals surface area contributed by atoms with Crippen molar-refractivity contribution in [1.29, 1.82) is 0 Å². The molecule has 0 spiro atoms. The maximum absolute atomic E-state index is 12.5. The van der Waals surface area contributed by atoms with Gasteiger partial charge in [-0.05, 0) is 29.8 Å². The van der Waals surface area contributed by atoms with Crippen molar-refractivity contribution in [2.75, 3.05) is 21.2 Å². The van der Waals surface area contributed by atoms with Crippen LogP contribution in [-0.2, 0) is 6.54 Å². The van der Waals surface area contributed by atoms with Crippen LogP contribution in [0.4, 0.5) is 0 Å². The van der Waals surface area contributed by atoms with Crippen molar-refractivity contribution in [3.8, 4) is 5.75 Å². The van der Waals surface area contributed by atoms with E-state index in [2.05, 4.69) is 5.43 Å². The van der Waals surface area contributed by atoms with Gasteiger partial charge in [0.1, 0.15) is 5.75 Å². The average molecular weight is 353 g/mol. The van der Waals surface area contributed by atoms with Crippen LogP contribution in [0.15, 0.2) is 42.5 Å². The number of amides is 3. The lowest BCUT2D eigenvalue weighted by atomic mass is 10.1. The van der Waals surface area contributed by atoms with Crippen LogP contribution >= 0.6 is 0 Å². The van der Waals surface area contributed by atoms with Crippen molar-refractivity contribution in [2.24, 2.45) is 0 Å². The second-order valence-electron chi connectivity index (χ2n) is 6.11. The highest BCUT2D eigenvalue weighted by Crippen LogP contribution is 2.26. The fourth-order valence-corrected chi connectivity index (χ4v) is 2.86. The van der Waals surface area contributed by atoms with Crippen LogP contribution in [0.2, 0.25) is 0 Å². The zero-order valence-corrected chi connectivity index (χ0v) is 14.8. The topological polar surface area (TPSA) is 78.9 Å². The van der Waals surface area contributed by atoms with Gasteiger partial charge in [-0.25, -0.2) is 5.01 Å². The molecule has 1 N–H and O–H groups in total. The fraction of sp³-hybridized carbons (Fsp3) is 0.211. The highest BCUT2D eigenvalue weighted by molar-refractivity contribution is 6.21. The van der Waals surface area contributed by atoms with Gasteiger partial charge in [-0.1, -0.05) is 18.2 Å². The minimum atomic E-state index is -0.337. The molecule has 0 saturated heterocycles. The standard InChI is InChI=1S/C19H19N3O4/c1-21(2)20-17(23)15-10-12(8-9-16(15)26-3)11-22-18(24)13-6-4-5-7-14(13)19(22)25/h4-10H,11H2,1-3H3,(H,20,23). The molecule has 0 unspecified atom stereocenters. The number of rotatable bonds is 5. The van der Waals surface area contributed by atoms with E-state index in [-0.39, 0.29) is 24.3 Å². The summed E-state index contributed by atoms with van der Waals surface area (Å²) in [4.78, 5) is 38.5. The number of nitrogens with one attached hydrogen (secondary N) is 1. The molecule has 1 aliphatic heterocycles. The molecule has 0 atom stereocenters. The summed E-state index contributed by atoms with van der Waals surface area (Å²) in [6.45, 7) is 0.0819. The van der Waals surface area contributed by atoms with Gasteiger partial charge in [-0.15, -0.1) is 0 Å². The lowest BCUT2D eigenvalue weighted by Gasteiger charge is -2.17. The van der Waals surface area contributed by atoms with Crippen molar-refractivity contribution in [3.05, 3.63) is 64.7 Å². The van der Waals surface area contributed by atoms with E-state index in [9.17, 15) is 14.4 Å². The number of carbonyl (C=O) groups is 3. The SMILES string of the molecule is COc1ccc(CN2C(=O)c3ccccc3C2=O)cc1C(=O)NN(C)C. The minimum Gasteiger partial charge on any atom is -0.496 e. The molecule has 1 heterocycles. The zero-order chi connectivity index (χ0) is 18.8. The Kier molecular flexibility index (Phi) is 4.73. The van der Waals surface area contributed by atoms with Crippen LogP contribution in [0.25, 0.3) is 0 Å². The first kappa shape index (κ1) is 17.6. The Morgan fingerprint density at radius 1 is 1.08 bits per heavy atom. The predicted molar refractivity (Wildman–Crippen MR) is 94.8 cm³/mol. The van der Waals surface area contributed by atoms with Crippen LogP contribution in [-0.4, -0.2) is 48.8 Å². The summed E-state index contributed by atoms with van der Waals surface area (Å²) in [5.74, 6) is -0.590. The summed E-state index contributed by atoms with van der Waals surface area (Å²) in [7, 11) is 4.88. The third-order valence-corrected chi connectivity index (χ3v) is 4.05. The fourth-order valence-electron chi connectivity index (χ4n) is 2.86. The van der Waals surface area contributed by atoms with E-state index in [0.717, 1.165) is 0 Å². The summed E-state index contributed by atoms with van der Waals surface area (Å²) in [6.07, 6.45) is 0. The lowest BCUT2D eigenvalue weighted by Crippen LogP contribution is -2.36. The highest BCUT2D eigenvalue weighted by Gasteiger charge is 2.35. The van der Waals surface area contributed by atoms with Gasteiger partial charge >= 0.3 is 0 Å². The molecular weight excluding hydrogens is 334 g/mol. The molecule has 134 valence electrons. The van der Waals surface area contributed by atoms with E-state index in [1.54, 1.807) is 56.6 Å². The smallest absolute Gasteiger partial charge is 0.269 e. The van der Waals surface area contributed by atoms with Crippen molar-refractivity contribution < 1.29 is 19.1 Å². The number of hydrogen-bond donors (Lipinski definition) is 1. The van der Waals surface area contributed by atoms with Gasteiger partial charge in [0.05, 0.1) is 30.3 Å². The second-order valence-corrected chi connectivity index (χ2v) is 6.11. The lowest BCUT2D eigenvalue weighted by molar-refractivity contribution is 0.0642. The molecule has 2 aromatic rings. The van der Waals surface area contributed by atoms with E-state index >= 15 is 0 Å². The first-order valence-electron chi connectivity index (χ1n) is 8.03. The number of ether oxygens (including phenoxy) is 1. The van der Waals surface area contributed by atoms with Gasteiger partial charge in [0, 0.05) is 14.1 Å². The molecule has 0 bridgehead atoms. The van der Waals surface area contributed by atoms with Crippen molar-refractivity contribution in [1.82, 2.24) is 15.3 Å². The van der Waals surface area contributed by atoms with Crippen LogP contribution in [0.1, 0.15) is 36.6 Å². The molecule has 0 aliphatic carbocycles. The Hall–Kier alpha value is -3.19. The minimum absolute atomic E-state index is 0.0819. The molecule has 7 heteroatoms. The third-order valence-electron chi connectivity index (χ3n) is 4.05. The molecule has 0 fully saturated rings. The zero-order valence-electron chi connectivity index (χ0n) is 14.8. The number of methoxy groups -OCH3 is 1. The number of carbonyl (C=O) groups excluding carboxylic acids is 3. The van der Waals surface area contributed by atoms with Crippen LogP contribution < -0.4 is 10.2 Å². The molecule has 26 heavy (non-hydrogen) atoms. The molecular formula is C19H19N3O4. The van der Waals surface area contributed by atoms with E-state index in [0.29, 0.717) is 28.0 Å². The van der Waals surface area contributed by atoms with E-state index in [1.165, 1.54) is 17.0 Å². The Morgan fingerprint density at radius 3 is 2.23 bits per heavy atom. The van der Waals surface area contributed by atoms with Crippen LogP contribution in [0.5, 0.6) is 5.75 Å². The van der Waals surface area contributed by atoms with Gasteiger partial charge in [0.25, 0.3) is 17.7 Å². The van der Waals surface area contributed by atoms with Gasteiger partial charge in [0.2, 0.25) is 0 Å². The Labute approximate surface area is 151 Å². The van der Waals surface area contributed by atoms with E-state index in [1.807, 2.05) is 0 Å². The molecule has 0 saturated carbocycles. The van der Waals surface area contributed by atoms with E-state index in [4.69, 9.17) is 4.74 Å². The van der Waals surface area contributed by atoms with Gasteiger partial charge in [-0.2, -0.15) is 0 Å². The van der Waals surface area contributed by atoms with Gasteiger partial charge < -0.3 is 4.74 Å². The predicted octanol–water partition coefficient (Wildman–Crippen LogP) is 1.70. The summed E-state index contributed by atoms with van der Waals surface area (Å²) in [6, 6.07) is 11.7. The highest BCUT2D eigenvalue weighted by atomic mass is 16.5. The summed E-state index contributed by atoms with van der Waals surface area (Å²) in [5.41, 5.74) is 4.44. The van der Waals surface area contributed by atoms with Gasteiger partial charge in [-0.3, -0.25) is 24.7 Å². The average Bonchev–Trinajstić information content (AvgIpc) is 2.86. The number of nitrogens with zero attached hydrogens (tertiary/aromatic N) is 2. The monoisotopic (exact) mass is 353 g/mol. The Bertz CT molecular complexity index is 857. The molecule has 3 amide bonds. The number of benzene rings is 2. The normalized spacial score (nSPS) is 13.2. The van der Waals surface area contributed by atoms with Crippen molar-refractivity contribution >= 4 is 17.7 Å².